The Bertz CT molecular complexity index is 897. The van der Waals surface area contributed by atoms with Gasteiger partial charge in [0.25, 0.3) is 11.4 Å². The van der Waals surface area contributed by atoms with Crippen LogP contribution in [0.1, 0.15) is 11.1 Å². The molecule has 0 saturated heterocycles. The zero-order valence-electron chi connectivity index (χ0n) is 14.2. The van der Waals surface area contributed by atoms with Crippen LogP contribution in [0.2, 0.25) is 0 Å². The second-order valence-corrected chi connectivity index (χ2v) is 5.16. The number of nitro groups is 2. The Labute approximate surface area is 157 Å². The van der Waals surface area contributed by atoms with Crippen LogP contribution in [0.4, 0.5) is 11.4 Å². The highest BCUT2D eigenvalue weighted by Gasteiger charge is 2.03. The van der Waals surface area contributed by atoms with Gasteiger partial charge in [-0.1, -0.05) is 0 Å². The molecule has 0 aliphatic rings. The number of nitrogens with zero attached hydrogens (tertiary/aromatic N) is 6. The van der Waals surface area contributed by atoms with E-state index in [2.05, 4.69) is 20.4 Å². The average molecular weight is 382 g/mol. The molecule has 0 aliphatic heterocycles. The van der Waals surface area contributed by atoms with Gasteiger partial charge in [-0.05, 0) is 35.4 Å². The summed E-state index contributed by atoms with van der Waals surface area (Å²) >= 11 is 0. The van der Waals surface area contributed by atoms with Crippen LogP contribution in [0.5, 0.6) is 0 Å². The first-order chi connectivity index (χ1) is 13.4. The van der Waals surface area contributed by atoms with Crippen molar-refractivity contribution < 1.29 is 9.85 Å². The molecule has 0 unspecified atom stereocenters. The molecule has 12 heteroatoms. The predicted molar refractivity (Wildman–Crippen MR) is 105 cm³/mol. The molecule has 0 aliphatic carbocycles. The normalized spacial score (nSPS) is 12.6. The molecule has 0 spiro atoms. The zero-order valence-corrected chi connectivity index (χ0v) is 14.2. The van der Waals surface area contributed by atoms with Crippen molar-refractivity contribution in [2.45, 2.75) is 0 Å². The van der Waals surface area contributed by atoms with Crippen LogP contribution in [0.3, 0.4) is 0 Å². The lowest BCUT2D eigenvalue weighted by molar-refractivity contribution is -0.385. The van der Waals surface area contributed by atoms with Gasteiger partial charge in [-0.15, -0.1) is 10.2 Å². The highest BCUT2D eigenvalue weighted by atomic mass is 16.6. The summed E-state index contributed by atoms with van der Waals surface area (Å²) < 4.78 is 0. The fraction of sp³-hybridized carbons (Fsp3) is 0. The maximum Gasteiger partial charge on any atom is 0.269 e. The van der Waals surface area contributed by atoms with Gasteiger partial charge in [0.1, 0.15) is 0 Å². The van der Waals surface area contributed by atoms with Crippen LogP contribution < -0.4 is 11.5 Å². The molecule has 0 amide bonds. The monoisotopic (exact) mass is 382 g/mol. The van der Waals surface area contributed by atoms with E-state index in [4.69, 9.17) is 11.5 Å². The summed E-state index contributed by atoms with van der Waals surface area (Å²) in [6, 6.07) is 11.3. The third kappa shape index (κ3) is 5.80. The molecule has 4 N–H and O–H groups in total. The Morgan fingerprint density at radius 3 is 1.32 bits per heavy atom. The summed E-state index contributed by atoms with van der Waals surface area (Å²) in [6.07, 6.45) is 2.67. The molecule has 0 saturated carbocycles. The van der Waals surface area contributed by atoms with Crippen LogP contribution >= 0.6 is 0 Å². The number of rotatable bonds is 6. The van der Waals surface area contributed by atoms with E-state index in [0.717, 1.165) is 0 Å². The van der Waals surface area contributed by atoms with Crippen LogP contribution in [0.15, 0.2) is 68.9 Å². The largest absolute Gasteiger partial charge is 0.379 e. The predicted octanol–water partition coefficient (Wildman–Crippen LogP) is 1.59. The van der Waals surface area contributed by atoms with Gasteiger partial charge >= 0.3 is 0 Å². The van der Waals surface area contributed by atoms with Crippen LogP contribution in [0, 0.1) is 20.2 Å². The first kappa shape index (κ1) is 19.8. The molecular formula is C16H14N8O4. The highest BCUT2D eigenvalue weighted by molar-refractivity contribution is 6.39. The molecule has 0 atom stereocenters. The summed E-state index contributed by atoms with van der Waals surface area (Å²) in [4.78, 5) is 20.1. The Morgan fingerprint density at radius 2 is 1.04 bits per heavy atom. The van der Waals surface area contributed by atoms with Crippen molar-refractivity contribution in [3.8, 4) is 0 Å². The average Bonchev–Trinajstić information content (AvgIpc) is 2.68. The lowest BCUT2D eigenvalue weighted by Gasteiger charge is -1.95. The summed E-state index contributed by atoms with van der Waals surface area (Å²) in [5, 5.41) is 35.9. The minimum absolute atomic E-state index is 0.0394. The topological polar surface area (TPSA) is 188 Å². The van der Waals surface area contributed by atoms with Crippen molar-refractivity contribution in [3.05, 3.63) is 79.9 Å². The lowest BCUT2D eigenvalue weighted by atomic mass is 10.2. The molecule has 142 valence electrons. The van der Waals surface area contributed by atoms with Crippen LogP contribution in [-0.4, -0.2) is 33.9 Å². The summed E-state index contributed by atoms with van der Waals surface area (Å²) in [5.74, 6) is -0.363. The van der Waals surface area contributed by atoms with E-state index in [9.17, 15) is 20.2 Å². The first-order valence-electron chi connectivity index (χ1n) is 7.59. The third-order valence-electron chi connectivity index (χ3n) is 3.21. The molecule has 0 heterocycles. The minimum Gasteiger partial charge on any atom is -0.379 e. The van der Waals surface area contributed by atoms with Crippen LogP contribution in [-0.2, 0) is 0 Å². The van der Waals surface area contributed by atoms with E-state index in [-0.39, 0.29) is 23.0 Å². The summed E-state index contributed by atoms with van der Waals surface area (Å²) in [6.45, 7) is 0. The van der Waals surface area contributed by atoms with Crippen molar-refractivity contribution in [1.29, 1.82) is 0 Å². The van der Waals surface area contributed by atoms with Gasteiger partial charge in [0.2, 0.25) is 0 Å². The van der Waals surface area contributed by atoms with E-state index >= 15 is 0 Å². The summed E-state index contributed by atoms with van der Waals surface area (Å²) in [5.41, 5.74) is 12.3. The van der Waals surface area contributed by atoms with Gasteiger partial charge in [0.05, 0.1) is 22.3 Å². The Morgan fingerprint density at radius 1 is 0.714 bits per heavy atom. The van der Waals surface area contributed by atoms with Crippen molar-refractivity contribution >= 4 is 35.5 Å². The standard InChI is InChI=1S/C16H14N8O4/c17-15(21-19-9-11-1-5-13(6-2-11)23(25)26)16(18)22-20-10-12-3-7-14(8-4-12)24(27)28/h1-10H,(H2,17,21)(H2,18,22)/b19-9-,20-10-. The number of hydrogen-bond donors (Lipinski definition) is 2. The molecular weight excluding hydrogens is 368 g/mol. The van der Waals surface area contributed by atoms with Crippen molar-refractivity contribution in [2.24, 2.45) is 31.9 Å². The molecule has 2 aromatic rings. The molecule has 2 rings (SSSR count). The van der Waals surface area contributed by atoms with Gasteiger partial charge in [-0.25, -0.2) is 0 Å². The van der Waals surface area contributed by atoms with Crippen LogP contribution in [0.25, 0.3) is 0 Å². The van der Waals surface area contributed by atoms with Gasteiger partial charge in [-0.2, -0.15) is 10.2 Å². The Balaban J connectivity index is 1.98. The fourth-order valence-electron chi connectivity index (χ4n) is 1.78. The highest BCUT2D eigenvalue weighted by Crippen LogP contribution is 2.11. The van der Waals surface area contributed by atoms with Gasteiger partial charge in [0, 0.05) is 24.3 Å². The van der Waals surface area contributed by atoms with E-state index in [0.29, 0.717) is 11.1 Å². The molecule has 0 radical (unpaired) electrons. The van der Waals surface area contributed by atoms with E-state index in [1.165, 1.54) is 61.0 Å². The first-order valence-corrected chi connectivity index (χ1v) is 7.59. The Kier molecular flexibility index (Phi) is 6.58. The number of nitro benzene ring substituents is 2. The maximum atomic E-state index is 10.6. The number of nitrogens with two attached hydrogens (primary N) is 2. The molecule has 2 aromatic carbocycles. The zero-order chi connectivity index (χ0) is 20.5. The number of amidine groups is 2. The number of hydrogen-bond acceptors (Lipinski definition) is 8. The molecule has 0 bridgehead atoms. The molecule has 12 nitrogen and oxygen atoms in total. The van der Waals surface area contributed by atoms with Gasteiger partial charge in [0.15, 0.2) is 11.7 Å². The van der Waals surface area contributed by atoms with Gasteiger partial charge in [-0.3, -0.25) is 20.2 Å². The number of non-ortho nitro benzene ring substituents is 2. The van der Waals surface area contributed by atoms with E-state index < -0.39 is 9.85 Å². The summed E-state index contributed by atoms with van der Waals surface area (Å²) in [7, 11) is 0. The minimum atomic E-state index is -0.509. The fourth-order valence-corrected chi connectivity index (χ4v) is 1.78. The Hall–Kier alpha value is -4.48. The maximum absolute atomic E-state index is 10.6. The molecule has 28 heavy (non-hydrogen) atoms. The number of benzene rings is 2. The van der Waals surface area contributed by atoms with Gasteiger partial charge < -0.3 is 11.5 Å². The second-order valence-electron chi connectivity index (χ2n) is 5.16. The molecule has 0 aromatic heterocycles. The van der Waals surface area contributed by atoms with Crippen molar-refractivity contribution in [3.63, 3.8) is 0 Å². The van der Waals surface area contributed by atoms with E-state index in [1.54, 1.807) is 0 Å². The third-order valence-corrected chi connectivity index (χ3v) is 3.21. The quantitative estimate of drug-likeness (QED) is 0.330. The lowest BCUT2D eigenvalue weighted by Crippen LogP contribution is -2.30. The van der Waals surface area contributed by atoms with Crippen molar-refractivity contribution in [2.75, 3.05) is 0 Å². The second kappa shape index (κ2) is 9.28. The SMILES string of the molecule is NC(=N\N=C/c1ccc([N+](=O)[O-])cc1)/C(N)=N\N=C/c1ccc([N+](=O)[O-])cc1. The van der Waals surface area contributed by atoms with E-state index in [1.807, 2.05) is 0 Å². The smallest absolute Gasteiger partial charge is 0.269 e. The van der Waals surface area contributed by atoms with Crippen molar-refractivity contribution in [1.82, 2.24) is 0 Å². The molecule has 0 fully saturated rings.